The zero-order chi connectivity index (χ0) is 22.2. The summed E-state index contributed by atoms with van der Waals surface area (Å²) in [6.45, 7) is 0.144. The Balaban J connectivity index is 1.97. The highest BCUT2D eigenvalue weighted by atomic mass is 16.5. The summed E-state index contributed by atoms with van der Waals surface area (Å²) in [5.41, 5.74) is 0.665. The number of aromatic amines is 1. The number of aliphatic hydroxyl groups excluding tert-OH is 1. The molecule has 0 atom stereocenters. The van der Waals surface area contributed by atoms with Crippen LogP contribution in [0, 0.1) is 0 Å². The minimum absolute atomic E-state index is 0.0786. The van der Waals surface area contributed by atoms with Crippen LogP contribution in [0.1, 0.15) is 22.3 Å². The number of pyridine rings is 1. The van der Waals surface area contributed by atoms with Gasteiger partial charge in [-0.15, -0.1) is 0 Å². The van der Waals surface area contributed by atoms with Crippen LogP contribution in [0.3, 0.4) is 0 Å². The Labute approximate surface area is 178 Å². The third-order valence-electron chi connectivity index (χ3n) is 4.53. The van der Waals surface area contributed by atoms with Gasteiger partial charge in [0, 0.05) is 30.3 Å². The molecule has 0 bridgehead atoms. The molecule has 0 saturated carbocycles. The lowest BCUT2D eigenvalue weighted by molar-refractivity contribution is -0.117. The van der Waals surface area contributed by atoms with Gasteiger partial charge < -0.3 is 25.5 Å². The van der Waals surface area contributed by atoms with Gasteiger partial charge >= 0.3 is 0 Å². The lowest BCUT2D eigenvalue weighted by Gasteiger charge is -2.11. The Hall–Kier alpha value is -3.91. The monoisotopic (exact) mass is 421 g/mol. The first kappa shape index (κ1) is 21.8. The summed E-state index contributed by atoms with van der Waals surface area (Å²) >= 11 is 0. The highest BCUT2D eigenvalue weighted by Gasteiger charge is 2.15. The number of methoxy groups -OCH3 is 1. The fraction of sp³-hybridized carbons (Fsp3) is 0.174. The summed E-state index contributed by atoms with van der Waals surface area (Å²) in [6.07, 6.45) is 1.70. The molecule has 2 amide bonds. The number of fused-ring (bicyclic) bond motifs is 1. The third kappa shape index (κ3) is 5.58. The van der Waals surface area contributed by atoms with E-state index in [0.29, 0.717) is 23.3 Å². The molecule has 31 heavy (non-hydrogen) atoms. The summed E-state index contributed by atoms with van der Waals surface area (Å²) in [5, 5.41) is 14.9. The van der Waals surface area contributed by atoms with Gasteiger partial charge in [-0.25, -0.2) is 0 Å². The van der Waals surface area contributed by atoms with Crippen LogP contribution < -0.4 is 20.9 Å². The number of rotatable bonds is 8. The average molecular weight is 421 g/mol. The summed E-state index contributed by atoms with van der Waals surface area (Å²) in [6, 6.07) is 15.3. The van der Waals surface area contributed by atoms with Crippen molar-refractivity contribution in [3.05, 3.63) is 81.8 Å². The molecule has 4 N–H and O–H groups in total. The number of carbonyl (C=O) groups excluding carboxylic acids is 2. The number of amides is 2. The van der Waals surface area contributed by atoms with E-state index >= 15 is 0 Å². The molecule has 1 heterocycles. The van der Waals surface area contributed by atoms with Crippen molar-refractivity contribution in [3.8, 4) is 5.75 Å². The normalized spacial score (nSPS) is 11.2. The number of hydrogen-bond donors (Lipinski definition) is 4. The number of nitrogens with one attached hydrogen (secondary N) is 3. The first-order valence-corrected chi connectivity index (χ1v) is 9.70. The van der Waals surface area contributed by atoms with Gasteiger partial charge in [0.05, 0.1) is 12.6 Å². The number of ether oxygens (including phenoxy) is 1. The summed E-state index contributed by atoms with van der Waals surface area (Å²) in [4.78, 5) is 40.6. The van der Waals surface area contributed by atoms with E-state index in [1.165, 1.54) is 13.2 Å². The molecule has 3 aromatic rings. The Morgan fingerprint density at radius 1 is 1.13 bits per heavy atom. The molecule has 0 saturated heterocycles. The predicted molar refractivity (Wildman–Crippen MR) is 118 cm³/mol. The van der Waals surface area contributed by atoms with Crippen molar-refractivity contribution in [1.29, 1.82) is 0 Å². The third-order valence-corrected chi connectivity index (χ3v) is 4.53. The molecule has 160 valence electrons. The second kappa shape index (κ2) is 10.2. The Kier molecular flexibility index (Phi) is 7.18. The SMILES string of the molecule is COc1ccc2cc(C=C(NC(=O)c3ccccc3)C(=O)NCCCO)c(=O)[nH]c2c1. The van der Waals surface area contributed by atoms with Gasteiger partial charge in [-0.3, -0.25) is 14.4 Å². The molecule has 0 aliphatic heterocycles. The number of benzene rings is 2. The zero-order valence-electron chi connectivity index (χ0n) is 17.0. The van der Waals surface area contributed by atoms with Crippen LogP contribution in [-0.4, -0.2) is 42.2 Å². The van der Waals surface area contributed by atoms with E-state index in [2.05, 4.69) is 15.6 Å². The summed E-state index contributed by atoms with van der Waals surface area (Å²) in [7, 11) is 1.54. The number of carbonyl (C=O) groups is 2. The highest BCUT2D eigenvalue weighted by molar-refractivity contribution is 6.05. The van der Waals surface area contributed by atoms with Gasteiger partial charge in [-0.05, 0) is 48.2 Å². The summed E-state index contributed by atoms with van der Waals surface area (Å²) < 4.78 is 5.17. The van der Waals surface area contributed by atoms with Gasteiger partial charge in [0.2, 0.25) is 0 Å². The summed E-state index contributed by atoms with van der Waals surface area (Å²) in [5.74, 6) is -0.441. The Morgan fingerprint density at radius 3 is 2.61 bits per heavy atom. The molecule has 3 rings (SSSR count). The van der Waals surface area contributed by atoms with Crippen molar-refractivity contribution >= 4 is 28.8 Å². The van der Waals surface area contributed by atoms with Crippen LogP contribution in [0.4, 0.5) is 0 Å². The Bertz CT molecular complexity index is 1170. The minimum Gasteiger partial charge on any atom is -0.497 e. The van der Waals surface area contributed by atoms with Gasteiger partial charge in [0.15, 0.2) is 0 Å². The fourth-order valence-corrected chi connectivity index (χ4v) is 2.91. The van der Waals surface area contributed by atoms with E-state index in [1.54, 1.807) is 54.6 Å². The maximum Gasteiger partial charge on any atom is 0.267 e. The van der Waals surface area contributed by atoms with Crippen molar-refractivity contribution in [2.24, 2.45) is 0 Å². The lowest BCUT2D eigenvalue weighted by atomic mass is 10.1. The topological polar surface area (TPSA) is 121 Å². The smallest absolute Gasteiger partial charge is 0.267 e. The molecule has 2 aromatic carbocycles. The number of aromatic nitrogens is 1. The lowest BCUT2D eigenvalue weighted by Crippen LogP contribution is -2.35. The van der Waals surface area contributed by atoms with Crippen LogP contribution in [0.5, 0.6) is 5.75 Å². The van der Waals surface area contributed by atoms with Gasteiger partial charge in [-0.2, -0.15) is 0 Å². The zero-order valence-corrected chi connectivity index (χ0v) is 17.0. The van der Waals surface area contributed by atoms with Crippen LogP contribution in [-0.2, 0) is 4.79 Å². The standard InChI is InChI=1S/C23H23N3O5/c1-31-18-9-8-16-12-17(22(29)25-19(16)14-18)13-20(23(30)24-10-5-11-27)26-21(28)15-6-3-2-4-7-15/h2-4,6-9,12-14,27H,5,10-11H2,1H3,(H,24,30)(H,25,29)(H,26,28). The Morgan fingerprint density at radius 2 is 1.90 bits per heavy atom. The largest absolute Gasteiger partial charge is 0.497 e. The van der Waals surface area contributed by atoms with Crippen LogP contribution >= 0.6 is 0 Å². The van der Waals surface area contributed by atoms with E-state index in [9.17, 15) is 14.4 Å². The first-order chi connectivity index (χ1) is 15.0. The van der Waals surface area contributed by atoms with Crippen molar-refractivity contribution in [1.82, 2.24) is 15.6 Å². The van der Waals surface area contributed by atoms with Gasteiger partial charge in [0.1, 0.15) is 11.4 Å². The molecule has 0 unspecified atom stereocenters. The molecule has 0 radical (unpaired) electrons. The van der Waals surface area contributed by atoms with Gasteiger partial charge in [-0.1, -0.05) is 18.2 Å². The minimum atomic E-state index is -0.563. The molecule has 0 aliphatic rings. The van der Waals surface area contributed by atoms with E-state index in [0.717, 1.165) is 5.39 Å². The first-order valence-electron chi connectivity index (χ1n) is 9.70. The van der Waals surface area contributed by atoms with E-state index in [-0.39, 0.29) is 24.4 Å². The van der Waals surface area contributed by atoms with E-state index < -0.39 is 17.4 Å². The molecule has 8 heteroatoms. The van der Waals surface area contributed by atoms with Crippen molar-refractivity contribution < 1.29 is 19.4 Å². The number of hydrogen-bond acceptors (Lipinski definition) is 5. The van der Waals surface area contributed by atoms with Crippen molar-refractivity contribution in [2.75, 3.05) is 20.3 Å². The highest BCUT2D eigenvalue weighted by Crippen LogP contribution is 2.19. The molecule has 0 aliphatic carbocycles. The second-order valence-corrected chi connectivity index (χ2v) is 6.72. The average Bonchev–Trinajstić information content (AvgIpc) is 2.79. The maximum absolute atomic E-state index is 12.6. The van der Waals surface area contributed by atoms with Crippen LogP contribution in [0.25, 0.3) is 17.0 Å². The molecule has 0 spiro atoms. The molecule has 1 aromatic heterocycles. The molecule has 8 nitrogen and oxygen atoms in total. The fourth-order valence-electron chi connectivity index (χ4n) is 2.91. The van der Waals surface area contributed by atoms with E-state index in [4.69, 9.17) is 9.84 Å². The number of aliphatic hydroxyl groups is 1. The molecular weight excluding hydrogens is 398 g/mol. The second-order valence-electron chi connectivity index (χ2n) is 6.72. The predicted octanol–water partition coefficient (Wildman–Crippen LogP) is 1.81. The van der Waals surface area contributed by atoms with E-state index in [1.807, 2.05) is 0 Å². The van der Waals surface area contributed by atoms with Crippen LogP contribution in [0.15, 0.2) is 65.1 Å². The van der Waals surface area contributed by atoms with Gasteiger partial charge in [0.25, 0.3) is 17.4 Å². The van der Waals surface area contributed by atoms with Crippen LogP contribution in [0.2, 0.25) is 0 Å². The number of H-pyrrole nitrogens is 1. The molecule has 0 fully saturated rings. The maximum atomic E-state index is 12.6. The quantitative estimate of drug-likeness (QED) is 0.327. The van der Waals surface area contributed by atoms with Crippen molar-refractivity contribution in [2.45, 2.75) is 6.42 Å². The van der Waals surface area contributed by atoms with Crippen molar-refractivity contribution in [3.63, 3.8) is 0 Å². The molecular formula is C23H23N3O5.